The van der Waals surface area contributed by atoms with Crippen molar-refractivity contribution in [3.05, 3.63) is 64.5 Å². The van der Waals surface area contributed by atoms with Crippen molar-refractivity contribution in [1.82, 2.24) is 9.97 Å². The van der Waals surface area contributed by atoms with E-state index in [9.17, 15) is 0 Å². The second-order valence-electron chi connectivity index (χ2n) is 6.17. The number of aromatic nitrogens is 2. The topological polar surface area (TPSA) is 56.3 Å². The molecule has 0 aliphatic heterocycles. The number of anilines is 2. The highest BCUT2D eigenvalue weighted by Gasteiger charge is 2.12. The molecule has 1 heterocycles. The molecule has 0 fully saturated rings. The molecule has 0 atom stereocenters. The zero-order valence-corrected chi connectivity index (χ0v) is 18.1. The molecule has 8 heteroatoms. The van der Waals surface area contributed by atoms with E-state index in [0.29, 0.717) is 17.4 Å². The van der Waals surface area contributed by atoms with Crippen LogP contribution in [-0.2, 0) is 6.61 Å². The molecule has 1 N–H and O–H groups in total. The van der Waals surface area contributed by atoms with Gasteiger partial charge in [-0.1, -0.05) is 31.7 Å². The fraction of sp³-hybridized carbons (Fsp3) is 0.200. The summed E-state index contributed by atoms with van der Waals surface area (Å²) in [6, 6.07) is 13.8. The minimum absolute atomic E-state index is 0.142. The van der Waals surface area contributed by atoms with E-state index in [-0.39, 0.29) is 5.28 Å². The molecule has 0 saturated heterocycles. The van der Waals surface area contributed by atoms with Gasteiger partial charge in [0.05, 0.1) is 13.3 Å². The van der Waals surface area contributed by atoms with Crippen LogP contribution in [0.1, 0.15) is 5.56 Å². The predicted molar refractivity (Wildman–Crippen MR) is 118 cm³/mol. The smallest absolute Gasteiger partial charge is 0.224 e. The molecule has 0 saturated carbocycles. The lowest BCUT2D eigenvalue weighted by atomic mass is 10.2. The third-order valence-electron chi connectivity index (χ3n) is 3.98. The molecule has 2 aromatic carbocycles. The molecule has 3 aromatic rings. The van der Waals surface area contributed by atoms with Crippen LogP contribution in [0, 0.1) is 0 Å². The van der Waals surface area contributed by atoms with E-state index in [4.69, 9.17) is 32.7 Å². The van der Waals surface area contributed by atoms with Gasteiger partial charge in [-0.25, -0.2) is 4.98 Å². The van der Waals surface area contributed by atoms with E-state index in [1.165, 1.54) is 6.20 Å². The Morgan fingerprint density at radius 1 is 1.04 bits per heavy atom. The van der Waals surface area contributed by atoms with Crippen LogP contribution in [-0.4, -0.2) is 30.4 Å². The molecule has 0 amide bonds. The third kappa shape index (κ3) is 5.26. The molecule has 0 radical (unpaired) electrons. The summed E-state index contributed by atoms with van der Waals surface area (Å²) in [6.45, 7) is 4.84. The maximum atomic E-state index is 6.17. The average molecular weight is 436 g/mol. The lowest BCUT2D eigenvalue weighted by Crippen LogP contribution is -2.09. The van der Waals surface area contributed by atoms with E-state index >= 15 is 0 Å². The van der Waals surface area contributed by atoms with Crippen LogP contribution in [0.3, 0.4) is 0 Å². The summed E-state index contributed by atoms with van der Waals surface area (Å²) in [6.07, 6.45) is 1.48. The average Bonchev–Trinajstić information content (AvgIpc) is 2.70. The first kappa shape index (κ1) is 20.7. The Morgan fingerprint density at radius 3 is 2.43 bits per heavy atom. The van der Waals surface area contributed by atoms with Gasteiger partial charge >= 0.3 is 0 Å². The number of nitrogens with zero attached hydrogens (tertiary/aromatic N) is 2. The zero-order valence-electron chi connectivity index (χ0n) is 15.7. The Labute approximate surface area is 175 Å². The Morgan fingerprint density at radius 2 is 1.75 bits per heavy atom. The van der Waals surface area contributed by atoms with Crippen LogP contribution in [0.4, 0.5) is 11.5 Å². The Kier molecular flexibility index (Phi) is 6.95. The molecule has 0 bridgehead atoms. The van der Waals surface area contributed by atoms with Crippen molar-refractivity contribution in [2.24, 2.45) is 0 Å². The fourth-order valence-corrected chi connectivity index (χ4v) is 3.80. The summed E-state index contributed by atoms with van der Waals surface area (Å²) >= 11 is 12.1. The van der Waals surface area contributed by atoms with Gasteiger partial charge in [-0.2, -0.15) is 4.98 Å². The molecule has 5 nitrogen and oxygen atoms in total. The Hall–Kier alpha value is -2.07. The quantitative estimate of drug-likeness (QED) is 0.393. The van der Waals surface area contributed by atoms with Crippen molar-refractivity contribution in [2.45, 2.75) is 6.61 Å². The maximum absolute atomic E-state index is 6.17. The number of ether oxygens (including phenoxy) is 2. The molecule has 0 aliphatic carbocycles. The number of hydrogen-bond donors (Lipinski definition) is 1. The van der Waals surface area contributed by atoms with Crippen LogP contribution in [0.15, 0.2) is 48.7 Å². The van der Waals surface area contributed by atoms with E-state index < -0.39 is 7.92 Å². The van der Waals surface area contributed by atoms with Crippen molar-refractivity contribution >= 4 is 47.9 Å². The van der Waals surface area contributed by atoms with E-state index in [1.807, 2.05) is 42.5 Å². The first-order chi connectivity index (χ1) is 13.5. The molecule has 3 rings (SSSR count). The van der Waals surface area contributed by atoms with Crippen molar-refractivity contribution in [2.75, 3.05) is 25.8 Å². The fourth-order valence-electron chi connectivity index (χ4n) is 2.53. The van der Waals surface area contributed by atoms with Crippen LogP contribution in [0.2, 0.25) is 10.3 Å². The summed E-state index contributed by atoms with van der Waals surface area (Å²) in [5.41, 5.74) is 1.99. The van der Waals surface area contributed by atoms with Gasteiger partial charge < -0.3 is 14.8 Å². The van der Waals surface area contributed by atoms with Crippen LogP contribution in [0.5, 0.6) is 11.5 Å². The second kappa shape index (κ2) is 9.42. The largest absolute Gasteiger partial charge is 0.497 e. The standard InChI is InChI=1S/C20H20Cl2N3O2P/c1-26-14-6-4-13(5-7-14)12-27-15-8-9-17(18(10-15)28(2)3)24-19-16(21)11-23-20(22)25-19/h4-11H,12H2,1-3H3,(H,23,24,25). The predicted octanol–water partition coefficient (Wildman–Crippen LogP) is 5.48. The van der Waals surface area contributed by atoms with E-state index in [1.54, 1.807) is 7.11 Å². The lowest BCUT2D eigenvalue weighted by Gasteiger charge is -2.17. The van der Waals surface area contributed by atoms with Crippen molar-refractivity contribution in [1.29, 1.82) is 0 Å². The SMILES string of the molecule is COc1ccc(COc2ccc(Nc3nc(Cl)ncc3Cl)c(P(C)C)c2)cc1. The third-order valence-corrected chi connectivity index (χ3v) is 5.78. The normalized spacial score (nSPS) is 10.8. The molecule has 0 unspecified atom stereocenters. The summed E-state index contributed by atoms with van der Waals surface area (Å²) in [5.74, 6) is 2.11. The van der Waals surface area contributed by atoms with Gasteiger partial charge in [-0.05, 0) is 60.8 Å². The van der Waals surface area contributed by atoms with Gasteiger partial charge in [0.15, 0.2) is 5.82 Å². The van der Waals surface area contributed by atoms with Crippen LogP contribution in [0.25, 0.3) is 0 Å². The summed E-state index contributed by atoms with van der Waals surface area (Å²) < 4.78 is 11.2. The molecule has 1 aromatic heterocycles. The lowest BCUT2D eigenvalue weighted by molar-refractivity contribution is 0.306. The van der Waals surface area contributed by atoms with Gasteiger partial charge in [0.2, 0.25) is 5.28 Å². The highest BCUT2D eigenvalue weighted by atomic mass is 35.5. The Bertz CT molecular complexity index is 953. The molecule has 0 aliphatic rings. The van der Waals surface area contributed by atoms with Gasteiger partial charge in [0, 0.05) is 11.0 Å². The first-order valence-corrected chi connectivity index (χ1v) is 11.5. The van der Waals surface area contributed by atoms with E-state index in [0.717, 1.165) is 28.1 Å². The minimum Gasteiger partial charge on any atom is -0.497 e. The van der Waals surface area contributed by atoms with Gasteiger partial charge in [-0.15, -0.1) is 0 Å². The molecule has 28 heavy (non-hydrogen) atoms. The number of nitrogens with one attached hydrogen (secondary N) is 1. The minimum atomic E-state index is -0.396. The van der Waals surface area contributed by atoms with Crippen LogP contribution < -0.4 is 20.1 Å². The van der Waals surface area contributed by atoms with Crippen LogP contribution >= 0.6 is 31.1 Å². The zero-order chi connectivity index (χ0) is 20.1. The van der Waals surface area contributed by atoms with Crippen molar-refractivity contribution in [3.63, 3.8) is 0 Å². The number of methoxy groups -OCH3 is 1. The highest BCUT2D eigenvalue weighted by molar-refractivity contribution is 7.64. The van der Waals surface area contributed by atoms with E-state index in [2.05, 4.69) is 28.6 Å². The first-order valence-electron chi connectivity index (χ1n) is 8.48. The molecule has 146 valence electrons. The molecular formula is C20H20Cl2N3O2P. The maximum Gasteiger partial charge on any atom is 0.224 e. The summed E-state index contributed by atoms with van der Waals surface area (Å²) in [5, 5.41) is 4.95. The second-order valence-corrected chi connectivity index (χ2v) is 9.19. The van der Waals surface area contributed by atoms with Gasteiger partial charge in [0.1, 0.15) is 23.1 Å². The van der Waals surface area contributed by atoms with Gasteiger partial charge in [0.25, 0.3) is 0 Å². The highest BCUT2D eigenvalue weighted by Crippen LogP contribution is 2.33. The monoisotopic (exact) mass is 435 g/mol. The number of rotatable bonds is 7. The number of hydrogen-bond acceptors (Lipinski definition) is 5. The number of benzene rings is 2. The number of halogens is 2. The van der Waals surface area contributed by atoms with Gasteiger partial charge in [-0.3, -0.25) is 0 Å². The van der Waals surface area contributed by atoms with Crippen molar-refractivity contribution < 1.29 is 9.47 Å². The Balaban J connectivity index is 1.77. The van der Waals surface area contributed by atoms with Crippen molar-refractivity contribution in [3.8, 4) is 11.5 Å². The summed E-state index contributed by atoms with van der Waals surface area (Å²) in [7, 11) is 1.26. The summed E-state index contributed by atoms with van der Waals surface area (Å²) in [4.78, 5) is 8.03. The molecular weight excluding hydrogens is 416 g/mol. The molecule has 0 spiro atoms.